The molecule has 1 amide bonds. The molecule has 1 aliphatic rings. The smallest absolute Gasteiger partial charge is 0.336 e. The lowest BCUT2D eigenvalue weighted by Gasteiger charge is -2.10. The van der Waals surface area contributed by atoms with E-state index >= 15 is 0 Å². The number of hydrogen-bond donors (Lipinski definition) is 2. The zero-order valence-corrected chi connectivity index (χ0v) is 13.4. The molecule has 1 saturated heterocycles. The molecule has 2 rings (SSSR count). The van der Waals surface area contributed by atoms with Crippen LogP contribution >= 0.6 is 15.9 Å². The van der Waals surface area contributed by atoms with Crippen LogP contribution in [0.2, 0.25) is 0 Å². The van der Waals surface area contributed by atoms with Crippen LogP contribution in [0.5, 0.6) is 0 Å². The monoisotopic (exact) mass is 375 g/mol. The minimum absolute atomic E-state index is 0.0428. The van der Waals surface area contributed by atoms with E-state index in [0.29, 0.717) is 16.6 Å². The normalized spacial score (nSPS) is 20.1. The number of halogens is 1. The van der Waals surface area contributed by atoms with Crippen molar-refractivity contribution in [1.29, 1.82) is 0 Å². The van der Waals surface area contributed by atoms with Crippen LogP contribution in [0.3, 0.4) is 0 Å². The van der Waals surface area contributed by atoms with Gasteiger partial charge < -0.3 is 10.4 Å². The SMILES string of the molecule is O=C(CC1CCS(=O)(=O)C1)Nc1ccc(Br)c(C(=O)O)c1. The van der Waals surface area contributed by atoms with Crippen molar-refractivity contribution < 1.29 is 23.1 Å². The summed E-state index contributed by atoms with van der Waals surface area (Å²) in [6.07, 6.45) is 0.619. The standard InChI is InChI=1S/C13H14BrNO5S/c14-11-2-1-9(6-10(11)13(17)18)15-12(16)5-8-3-4-21(19,20)7-8/h1-2,6,8H,3-5,7H2,(H,15,16)(H,17,18). The Morgan fingerprint density at radius 2 is 2.10 bits per heavy atom. The third kappa shape index (κ3) is 4.28. The van der Waals surface area contributed by atoms with Gasteiger partial charge in [-0.05, 0) is 46.5 Å². The molecule has 8 heteroatoms. The third-order valence-electron chi connectivity index (χ3n) is 3.28. The molecule has 0 spiro atoms. The first-order valence-electron chi connectivity index (χ1n) is 6.30. The molecule has 1 fully saturated rings. The van der Waals surface area contributed by atoms with Crippen molar-refractivity contribution in [1.82, 2.24) is 0 Å². The van der Waals surface area contributed by atoms with Crippen molar-refractivity contribution in [3.05, 3.63) is 28.2 Å². The first-order valence-corrected chi connectivity index (χ1v) is 8.91. The van der Waals surface area contributed by atoms with E-state index in [1.165, 1.54) is 6.07 Å². The molecular weight excluding hydrogens is 362 g/mol. The molecule has 1 aliphatic heterocycles. The molecule has 21 heavy (non-hydrogen) atoms. The van der Waals surface area contributed by atoms with Crippen LogP contribution in [0.15, 0.2) is 22.7 Å². The van der Waals surface area contributed by atoms with E-state index in [-0.39, 0.29) is 35.3 Å². The molecule has 1 unspecified atom stereocenters. The van der Waals surface area contributed by atoms with Crippen molar-refractivity contribution in [2.45, 2.75) is 12.8 Å². The number of sulfone groups is 1. The molecule has 1 atom stereocenters. The molecule has 0 saturated carbocycles. The number of rotatable bonds is 4. The second-order valence-corrected chi connectivity index (χ2v) is 8.10. The fourth-order valence-corrected chi connectivity index (χ4v) is 4.55. The number of hydrogen-bond acceptors (Lipinski definition) is 4. The van der Waals surface area contributed by atoms with Gasteiger partial charge in [-0.25, -0.2) is 13.2 Å². The number of carboxylic acid groups (broad SMARTS) is 1. The van der Waals surface area contributed by atoms with Gasteiger partial charge in [0.2, 0.25) is 5.91 Å². The molecule has 0 aromatic heterocycles. The van der Waals surface area contributed by atoms with Crippen molar-refractivity contribution in [2.24, 2.45) is 5.92 Å². The lowest BCUT2D eigenvalue weighted by molar-refractivity contribution is -0.116. The Kier molecular flexibility index (Phi) is 4.67. The number of carbonyl (C=O) groups is 2. The topological polar surface area (TPSA) is 101 Å². The number of benzene rings is 1. The van der Waals surface area contributed by atoms with Crippen LogP contribution in [-0.2, 0) is 14.6 Å². The maximum absolute atomic E-state index is 11.9. The summed E-state index contributed by atoms with van der Waals surface area (Å²) >= 11 is 3.12. The number of carbonyl (C=O) groups excluding carboxylic acids is 1. The molecule has 0 aliphatic carbocycles. The molecule has 114 valence electrons. The summed E-state index contributed by atoms with van der Waals surface area (Å²) in [6.45, 7) is 0. The minimum atomic E-state index is -3.00. The fraction of sp³-hybridized carbons (Fsp3) is 0.385. The highest BCUT2D eigenvalue weighted by Gasteiger charge is 2.29. The second kappa shape index (κ2) is 6.15. The Bertz CT molecular complexity index is 686. The fourth-order valence-electron chi connectivity index (χ4n) is 2.27. The second-order valence-electron chi connectivity index (χ2n) is 5.02. The maximum Gasteiger partial charge on any atom is 0.336 e. The van der Waals surface area contributed by atoms with Crippen molar-refractivity contribution in [2.75, 3.05) is 16.8 Å². The van der Waals surface area contributed by atoms with Crippen molar-refractivity contribution in [3.63, 3.8) is 0 Å². The van der Waals surface area contributed by atoms with Gasteiger partial charge in [0.25, 0.3) is 0 Å². The summed E-state index contributed by atoms with van der Waals surface area (Å²) in [5.41, 5.74) is 0.428. The van der Waals surface area contributed by atoms with E-state index in [2.05, 4.69) is 21.2 Å². The van der Waals surface area contributed by atoms with E-state index in [1.807, 2.05) is 0 Å². The highest BCUT2D eigenvalue weighted by atomic mass is 79.9. The quantitative estimate of drug-likeness (QED) is 0.836. The molecule has 0 radical (unpaired) electrons. The van der Waals surface area contributed by atoms with Gasteiger partial charge >= 0.3 is 5.97 Å². The minimum Gasteiger partial charge on any atom is -0.478 e. The van der Waals surface area contributed by atoms with Gasteiger partial charge in [-0.3, -0.25) is 4.79 Å². The Morgan fingerprint density at radius 3 is 2.67 bits per heavy atom. The summed E-state index contributed by atoms with van der Waals surface area (Å²) in [4.78, 5) is 22.9. The van der Waals surface area contributed by atoms with Crippen LogP contribution in [0.4, 0.5) is 5.69 Å². The number of nitrogens with one attached hydrogen (secondary N) is 1. The van der Waals surface area contributed by atoms with E-state index in [0.717, 1.165) is 0 Å². The van der Waals surface area contributed by atoms with Crippen LogP contribution in [0.1, 0.15) is 23.2 Å². The Hall–Kier alpha value is -1.41. The molecule has 1 heterocycles. The Balaban J connectivity index is 2.00. The summed E-state index contributed by atoms with van der Waals surface area (Å²) in [5, 5.41) is 11.6. The van der Waals surface area contributed by atoms with Gasteiger partial charge in [0.1, 0.15) is 0 Å². The average molecular weight is 376 g/mol. The lowest BCUT2D eigenvalue weighted by Crippen LogP contribution is -2.17. The van der Waals surface area contributed by atoms with Crippen LogP contribution in [0, 0.1) is 5.92 Å². The number of anilines is 1. The van der Waals surface area contributed by atoms with Crippen LogP contribution in [0.25, 0.3) is 0 Å². The number of aromatic carboxylic acids is 1. The summed E-state index contributed by atoms with van der Waals surface area (Å²) in [6, 6.07) is 4.48. The van der Waals surface area contributed by atoms with Crippen LogP contribution in [-0.4, -0.2) is 36.9 Å². The van der Waals surface area contributed by atoms with Gasteiger partial charge in [-0.15, -0.1) is 0 Å². The van der Waals surface area contributed by atoms with Crippen LogP contribution < -0.4 is 5.32 Å². The highest BCUT2D eigenvalue weighted by Crippen LogP contribution is 2.24. The van der Waals surface area contributed by atoms with Gasteiger partial charge in [0, 0.05) is 16.6 Å². The van der Waals surface area contributed by atoms with Gasteiger partial charge in [0.05, 0.1) is 17.1 Å². The van der Waals surface area contributed by atoms with Crippen molar-refractivity contribution >= 4 is 43.3 Å². The highest BCUT2D eigenvalue weighted by molar-refractivity contribution is 9.10. The zero-order valence-electron chi connectivity index (χ0n) is 11.0. The lowest BCUT2D eigenvalue weighted by atomic mass is 10.0. The predicted molar refractivity (Wildman–Crippen MR) is 81.1 cm³/mol. The number of amides is 1. The van der Waals surface area contributed by atoms with E-state index in [4.69, 9.17) is 5.11 Å². The number of carboxylic acids is 1. The van der Waals surface area contributed by atoms with Gasteiger partial charge in [0.15, 0.2) is 9.84 Å². The molecular formula is C13H14BrNO5S. The van der Waals surface area contributed by atoms with Gasteiger partial charge in [-0.2, -0.15) is 0 Å². The largest absolute Gasteiger partial charge is 0.478 e. The molecule has 0 bridgehead atoms. The maximum atomic E-state index is 11.9. The average Bonchev–Trinajstić information content (AvgIpc) is 2.70. The Morgan fingerprint density at radius 1 is 1.38 bits per heavy atom. The summed E-state index contributed by atoms with van der Waals surface area (Å²) < 4.78 is 23.1. The molecule has 6 nitrogen and oxygen atoms in total. The molecule has 1 aromatic carbocycles. The first kappa shape index (κ1) is 16.0. The predicted octanol–water partition coefficient (Wildman–Crippen LogP) is 1.91. The molecule has 2 N–H and O–H groups in total. The Labute approximate surface area is 130 Å². The zero-order chi connectivity index (χ0) is 15.6. The third-order valence-corrected chi connectivity index (χ3v) is 5.81. The van der Waals surface area contributed by atoms with E-state index in [1.54, 1.807) is 12.1 Å². The summed E-state index contributed by atoms with van der Waals surface area (Å²) in [7, 11) is -3.00. The van der Waals surface area contributed by atoms with E-state index < -0.39 is 15.8 Å². The van der Waals surface area contributed by atoms with E-state index in [9.17, 15) is 18.0 Å². The van der Waals surface area contributed by atoms with Crippen molar-refractivity contribution in [3.8, 4) is 0 Å². The first-order chi connectivity index (χ1) is 9.77. The van der Waals surface area contributed by atoms with Gasteiger partial charge in [-0.1, -0.05) is 0 Å². The summed E-state index contributed by atoms with van der Waals surface area (Å²) in [5.74, 6) is -1.40. The molecule has 1 aromatic rings.